The van der Waals surface area contributed by atoms with Crippen LogP contribution in [0.15, 0.2) is 24.3 Å². The van der Waals surface area contributed by atoms with Crippen molar-refractivity contribution in [2.24, 2.45) is 5.92 Å². The third kappa shape index (κ3) is 3.93. The van der Waals surface area contributed by atoms with Crippen LogP contribution in [0.5, 0.6) is 0 Å². The number of nitrogens with zero attached hydrogens (tertiary/aromatic N) is 1. The minimum Gasteiger partial charge on any atom is -0.396 e. The summed E-state index contributed by atoms with van der Waals surface area (Å²) in [6.45, 7) is 1.06. The van der Waals surface area contributed by atoms with Crippen LogP contribution in [0.1, 0.15) is 18.4 Å². The second-order valence-electron chi connectivity index (χ2n) is 4.97. The monoisotopic (exact) mass is 318 g/mol. The molecule has 0 amide bonds. The van der Waals surface area contributed by atoms with E-state index in [9.17, 15) is 8.42 Å². The average Bonchev–Trinajstić information content (AvgIpc) is 2.46. The first-order valence-electron chi connectivity index (χ1n) is 6.62. The van der Waals surface area contributed by atoms with Gasteiger partial charge in [0.1, 0.15) is 0 Å². The summed E-state index contributed by atoms with van der Waals surface area (Å²) in [6, 6.07) is 7.14. The number of halogens is 1. The largest absolute Gasteiger partial charge is 0.396 e. The van der Waals surface area contributed by atoms with Gasteiger partial charge in [-0.15, -0.1) is 0 Å². The van der Waals surface area contributed by atoms with E-state index < -0.39 is 10.2 Å². The fourth-order valence-electron chi connectivity index (χ4n) is 2.30. The van der Waals surface area contributed by atoms with Crippen LogP contribution < -0.4 is 4.72 Å². The third-order valence-electron chi connectivity index (χ3n) is 3.48. The Labute approximate surface area is 124 Å². The fourth-order valence-corrected chi connectivity index (χ4v) is 3.80. The summed E-state index contributed by atoms with van der Waals surface area (Å²) in [5.41, 5.74) is 0.744. The van der Waals surface area contributed by atoms with E-state index in [1.807, 2.05) is 6.07 Å². The van der Waals surface area contributed by atoms with Crippen LogP contribution in [0.2, 0.25) is 5.02 Å². The van der Waals surface area contributed by atoms with Gasteiger partial charge in [0, 0.05) is 31.3 Å². The molecule has 2 N–H and O–H groups in total. The standard InChI is InChI=1S/C13H19ClN2O3S/c14-13-6-2-1-5-12(13)8-15-20(18,19)16-7-3-4-11(9-16)10-17/h1-2,5-6,11,15,17H,3-4,7-10H2. The Morgan fingerprint density at radius 3 is 2.85 bits per heavy atom. The van der Waals surface area contributed by atoms with Gasteiger partial charge in [-0.3, -0.25) is 0 Å². The lowest BCUT2D eigenvalue weighted by Crippen LogP contribution is -2.46. The van der Waals surface area contributed by atoms with Gasteiger partial charge >= 0.3 is 0 Å². The lowest BCUT2D eigenvalue weighted by atomic mass is 10.0. The van der Waals surface area contributed by atoms with Crippen LogP contribution in [0.4, 0.5) is 0 Å². The average molecular weight is 319 g/mol. The SMILES string of the molecule is O=S(=O)(NCc1ccccc1Cl)N1CCCC(CO)C1. The molecular formula is C13H19ClN2O3S. The fraction of sp³-hybridized carbons (Fsp3) is 0.538. The van der Waals surface area contributed by atoms with Gasteiger partial charge in [-0.25, -0.2) is 0 Å². The van der Waals surface area contributed by atoms with Crippen molar-refractivity contribution in [3.63, 3.8) is 0 Å². The molecule has 1 aromatic rings. The number of aliphatic hydroxyl groups is 1. The van der Waals surface area contributed by atoms with E-state index in [0.717, 1.165) is 18.4 Å². The Morgan fingerprint density at radius 2 is 2.15 bits per heavy atom. The molecule has 0 spiro atoms. The van der Waals surface area contributed by atoms with Crippen LogP contribution in [0.3, 0.4) is 0 Å². The summed E-state index contributed by atoms with van der Waals surface area (Å²) in [5.74, 6) is 0.0284. The molecule has 5 nitrogen and oxygen atoms in total. The molecule has 1 heterocycles. The summed E-state index contributed by atoms with van der Waals surface area (Å²) in [6.07, 6.45) is 1.64. The van der Waals surface area contributed by atoms with E-state index >= 15 is 0 Å². The Bertz CT molecular complexity index is 550. The van der Waals surface area contributed by atoms with E-state index in [0.29, 0.717) is 18.1 Å². The van der Waals surface area contributed by atoms with Crippen LogP contribution in [-0.2, 0) is 16.8 Å². The minimum absolute atomic E-state index is 0.0243. The number of piperidine rings is 1. The molecule has 1 fully saturated rings. The lowest BCUT2D eigenvalue weighted by Gasteiger charge is -2.30. The molecule has 1 atom stereocenters. The summed E-state index contributed by atoms with van der Waals surface area (Å²) in [7, 11) is -3.53. The Balaban J connectivity index is 1.99. The van der Waals surface area contributed by atoms with Crippen molar-refractivity contribution >= 4 is 21.8 Å². The molecule has 1 aliphatic rings. The molecule has 7 heteroatoms. The number of nitrogens with one attached hydrogen (secondary N) is 1. The predicted octanol–water partition coefficient (Wildman–Crippen LogP) is 1.38. The van der Waals surface area contributed by atoms with E-state index in [2.05, 4.69) is 4.72 Å². The van der Waals surface area contributed by atoms with Crippen LogP contribution >= 0.6 is 11.6 Å². The second-order valence-corrected chi connectivity index (χ2v) is 7.13. The van der Waals surface area contributed by atoms with Crippen LogP contribution in [0, 0.1) is 5.92 Å². The van der Waals surface area contributed by atoms with Gasteiger partial charge in [-0.05, 0) is 30.4 Å². The van der Waals surface area contributed by atoms with Crippen molar-refractivity contribution in [1.82, 2.24) is 9.03 Å². The molecule has 0 bridgehead atoms. The van der Waals surface area contributed by atoms with Gasteiger partial charge in [0.15, 0.2) is 0 Å². The predicted molar refractivity (Wildman–Crippen MR) is 78.6 cm³/mol. The van der Waals surface area contributed by atoms with E-state index in [1.54, 1.807) is 18.2 Å². The molecule has 0 aliphatic carbocycles. The molecule has 1 unspecified atom stereocenters. The first-order valence-corrected chi connectivity index (χ1v) is 8.43. The maximum Gasteiger partial charge on any atom is 0.279 e. The molecule has 1 aliphatic heterocycles. The van der Waals surface area contributed by atoms with Crippen LogP contribution in [-0.4, -0.2) is 37.5 Å². The highest BCUT2D eigenvalue weighted by Crippen LogP contribution is 2.19. The topological polar surface area (TPSA) is 69.6 Å². The van der Waals surface area contributed by atoms with Gasteiger partial charge in [0.2, 0.25) is 0 Å². The first-order chi connectivity index (χ1) is 9.53. The van der Waals surface area contributed by atoms with Gasteiger partial charge in [-0.2, -0.15) is 17.4 Å². The smallest absolute Gasteiger partial charge is 0.279 e. The summed E-state index contributed by atoms with van der Waals surface area (Å²) in [4.78, 5) is 0. The van der Waals surface area contributed by atoms with Crippen molar-refractivity contribution in [2.45, 2.75) is 19.4 Å². The zero-order chi connectivity index (χ0) is 14.6. The van der Waals surface area contributed by atoms with Crippen molar-refractivity contribution in [3.8, 4) is 0 Å². The van der Waals surface area contributed by atoms with Gasteiger partial charge in [0.25, 0.3) is 10.2 Å². The van der Waals surface area contributed by atoms with E-state index in [4.69, 9.17) is 16.7 Å². The molecule has 2 rings (SSSR count). The van der Waals surface area contributed by atoms with Crippen molar-refractivity contribution < 1.29 is 13.5 Å². The molecule has 20 heavy (non-hydrogen) atoms. The zero-order valence-electron chi connectivity index (χ0n) is 11.1. The molecule has 0 saturated carbocycles. The number of hydrogen-bond acceptors (Lipinski definition) is 3. The van der Waals surface area contributed by atoms with Crippen LogP contribution in [0.25, 0.3) is 0 Å². The Kier molecular flexibility index (Phi) is 5.40. The first kappa shape index (κ1) is 15.7. The summed E-state index contributed by atoms with van der Waals surface area (Å²) < 4.78 is 28.4. The molecule has 0 aromatic heterocycles. The Hall–Kier alpha value is -0.660. The van der Waals surface area contributed by atoms with Crippen molar-refractivity contribution in [3.05, 3.63) is 34.9 Å². The quantitative estimate of drug-likeness (QED) is 0.861. The number of hydrogen-bond donors (Lipinski definition) is 2. The Morgan fingerprint density at radius 1 is 1.40 bits per heavy atom. The summed E-state index contributed by atoms with van der Waals surface area (Å²) >= 11 is 6.00. The maximum absolute atomic E-state index is 12.2. The normalized spacial score (nSPS) is 21.0. The number of rotatable bonds is 5. The van der Waals surface area contributed by atoms with Gasteiger partial charge in [-0.1, -0.05) is 29.8 Å². The lowest BCUT2D eigenvalue weighted by molar-refractivity contribution is 0.164. The highest BCUT2D eigenvalue weighted by atomic mass is 35.5. The summed E-state index contributed by atoms with van der Waals surface area (Å²) in [5, 5.41) is 9.70. The number of benzene rings is 1. The maximum atomic E-state index is 12.2. The van der Waals surface area contributed by atoms with Gasteiger partial charge < -0.3 is 5.11 Å². The molecule has 1 aromatic carbocycles. The van der Waals surface area contributed by atoms with Gasteiger partial charge in [0.05, 0.1) is 0 Å². The number of aliphatic hydroxyl groups excluding tert-OH is 1. The molecule has 0 radical (unpaired) electrons. The second kappa shape index (κ2) is 6.87. The zero-order valence-corrected chi connectivity index (χ0v) is 12.7. The molecular weight excluding hydrogens is 300 g/mol. The molecule has 112 valence electrons. The highest BCUT2D eigenvalue weighted by molar-refractivity contribution is 7.87. The van der Waals surface area contributed by atoms with Crippen molar-refractivity contribution in [2.75, 3.05) is 19.7 Å². The minimum atomic E-state index is -3.53. The highest BCUT2D eigenvalue weighted by Gasteiger charge is 2.28. The molecule has 1 saturated heterocycles. The third-order valence-corrected chi connectivity index (χ3v) is 5.37. The van der Waals surface area contributed by atoms with E-state index in [1.165, 1.54) is 4.31 Å². The van der Waals surface area contributed by atoms with E-state index in [-0.39, 0.29) is 19.1 Å². The van der Waals surface area contributed by atoms with Crippen molar-refractivity contribution in [1.29, 1.82) is 0 Å².